The lowest BCUT2D eigenvalue weighted by atomic mass is 9.89. The van der Waals surface area contributed by atoms with E-state index < -0.39 is 0 Å². The smallest absolute Gasteiger partial charge is 0.251 e. The Labute approximate surface area is 220 Å². The Morgan fingerprint density at radius 2 is 1.86 bits per heavy atom. The topological polar surface area (TPSA) is 112 Å². The van der Waals surface area contributed by atoms with Gasteiger partial charge in [-0.1, -0.05) is 49.6 Å². The van der Waals surface area contributed by atoms with Crippen molar-refractivity contribution >= 4 is 28.5 Å². The summed E-state index contributed by atoms with van der Waals surface area (Å²) in [6.45, 7) is 2.73. The van der Waals surface area contributed by atoms with E-state index in [2.05, 4.69) is 25.8 Å². The summed E-state index contributed by atoms with van der Waals surface area (Å²) < 4.78 is 0. The van der Waals surface area contributed by atoms with Gasteiger partial charge >= 0.3 is 0 Å². The van der Waals surface area contributed by atoms with E-state index in [1.807, 2.05) is 42.5 Å². The van der Waals surface area contributed by atoms with Crippen LogP contribution >= 0.6 is 0 Å². The van der Waals surface area contributed by atoms with Crippen molar-refractivity contribution < 1.29 is 9.59 Å². The second-order valence-corrected chi connectivity index (χ2v) is 10.4. The fourth-order valence-corrected chi connectivity index (χ4v) is 5.56. The van der Waals surface area contributed by atoms with Crippen molar-refractivity contribution in [1.29, 1.82) is 0 Å². The van der Waals surface area contributed by atoms with Crippen molar-refractivity contribution in [2.75, 3.05) is 33.2 Å². The van der Waals surface area contributed by atoms with Gasteiger partial charge in [-0.15, -0.1) is 0 Å². The minimum absolute atomic E-state index is 0.0324. The van der Waals surface area contributed by atoms with Crippen LogP contribution in [0, 0.1) is 5.92 Å². The number of nitrogens with zero attached hydrogens (tertiary/aromatic N) is 2. The number of aliphatic imine (C=N–C) groups is 1. The largest absolute Gasteiger partial charge is 0.370 e. The van der Waals surface area contributed by atoms with E-state index in [1.54, 1.807) is 7.05 Å². The minimum atomic E-state index is -0.268. The second-order valence-electron chi connectivity index (χ2n) is 10.4. The highest BCUT2D eigenvalue weighted by Gasteiger charge is 2.32. The maximum Gasteiger partial charge on any atom is 0.251 e. The molecule has 2 aromatic carbocycles. The molecule has 2 aliphatic rings. The number of fused-ring (bicyclic) bond motifs is 1. The van der Waals surface area contributed by atoms with Gasteiger partial charge in [0.1, 0.15) is 0 Å². The average Bonchev–Trinajstić information content (AvgIpc) is 3.08. The molecule has 4 rings (SSSR count). The van der Waals surface area contributed by atoms with Crippen LogP contribution in [0.5, 0.6) is 0 Å². The number of hydrogen-bond acceptors (Lipinski definition) is 4. The van der Waals surface area contributed by atoms with E-state index in [0.29, 0.717) is 37.0 Å². The van der Waals surface area contributed by atoms with Crippen molar-refractivity contribution in [3.05, 3.63) is 48.0 Å². The standard InChI is InChI=1S/C29H42N6O2/c1-31-29(30)32-16-7-12-26-28(37)35(20-21-8-3-2-4-9-21)17-15-25(34-26)19-33-27(36)24-14-13-22-10-5-6-11-23(22)18-24/h5-6,10-11,13-14,18,21,25-26,34H,2-4,7-9,12,15-17,19-20H2,1H3,(H,33,36)(H3,30,31,32). The molecular weight excluding hydrogens is 464 g/mol. The zero-order chi connectivity index (χ0) is 26.0. The summed E-state index contributed by atoms with van der Waals surface area (Å²) in [4.78, 5) is 32.5. The van der Waals surface area contributed by atoms with Crippen LogP contribution in [0.3, 0.4) is 0 Å². The van der Waals surface area contributed by atoms with Crippen LogP contribution in [-0.4, -0.2) is 68.0 Å². The molecule has 200 valence electrons. The molecule has 0 spiro atoms. The lowest BCUT2D eigenvalue weighted by molar-refractivity contribution is -0.133. The van der Waals surface area contributed by atoms with E-state index in [-0.39, 0.29) is 23.9 Å². The van der Waals surface area contributed by atoms with Gasteiger partial charge in [0.05, 0.1) is 6.04 Å². The summed E-state index contributed by atoms with van der Waals surface area (Å²) in [5.41, 5.74) is 6.40. The van der Waals surface area contributed by atoms with Gasteiger partial charge in [-0.2, -0.15) is 0 Å². The molecule has 0 bridgehead atoms. The first-order valence-corrected chi connectivity index (χ1v) is 13.8. The number of nitrogens with two attached hydrogens (primary N) is 1. The molecule has 1 saturated carbocycles. The van der Waals surface area contributed by atoms with Crippen LogP contribution in [-0.2, 0) is 4.79 Å². The molecule has 1 saturated heterocycles. The third-order valence-corrected chi connectivity index (χ3v) is 7.73. The van der Waals surface area contributed by atoms with Crippen molar-refractivity contribution in [3.8, 4) is 0 Å². The number of carbonyl (C=O) groups excluding carboxylic acids is 2. The summed E-state index contributed by atoms with van der Waals surface area (Å²) in [6, 6.07) is 13.6. The van der Waals surface area contributed by atoms with E-state index in [4.69, 9.17) is 5.73 Å². The van der Waals surface area contributed by atoms with Crippen LogP contribution < -0.4 is 21.7 Å². The van der Waals surface area contributed by atoms with Crippen molar-refractivity contribution in [2.45, 2.75) is 63.5 Å². The first-order chi connectivity index (χ1) is 18.0. The Morgan fingerprint density at radius 3 is 2.65 bits per heavy atom. The summed E-state index contributed by atoms with van der Waals surface area (Å²) in [5, 5.41) is 11.9. The number of carbonyl (C=O) groups is 2. The van der Waals surface area contributed by atoms with Gasteiger partial charge < -0.3 is 26.6 Å². The molecule has 2 fully saturated rings. The van der Waals surface area contributed by atoms with Gasteiger partial charge in [0, 0.05) is 44.8 Å². The van der Waals surface area contributed by atoms with Gasteiger partial charge in [0.25, 0.3) is 5.91 Å². The highest BCUT2D eigenvalue weighted by Crippen LogP contribution is 2.25. The number of benzene rings is 2. The predicted octanol–water partition coefficient (Wildman–Crippen LogP) is 3.02. The number of hydrogen-bond donors (Lipinski definition) is 4. The Bertz CT molecular complexity index is 1080. The molecule has 1 aliphatic carbocycles. The first-order valence-electron chi connectivity index (χ1n) is 13.8. The molecule has 8 heteroatoms. The molecule has 8 nitrogen and oxygen atoms in total. The number of rotatable bonds is 9. The predicted molar refractivity (Wildman–Crippen MR) is 150 cm³/mol. The normalized spacial score (nSPS) is 21.6. The maximum absolute atomic E-state index is 13.5. The highest BCUT2D eigenvalue weighted by atomic mass is 16.2. The van der Waals surface area contributed by atoms with Gasteiger partial charge in [-0.05, 0) is 60.9 Å². The van der Waals surface area contributed by atoms with Crippen molar-refractivity contribution in [2.24, 2.45) is 16.6 Å². The van der Waals surface area contributed by atoms with E-state index in [1.165, 1.54) is 32.1 Å². The Hall–Kier alpha value is -3.13. The lowest BCUT2D eigenvalue weighted by Crippen LogP contribution is -2.49. The second kappa shape index (κ2) is 13.4. The van der Waals surface area contributed by atoms with Gasteiger partial charge in [-0.25, -0.2) is 0 Å². The third-order valence-electron chi connectivity index (χ3n) is 7.73. The van der Waals surface area contributed by atoms with E-state index >= 15 is 0 Å². The van der Waals surface area contributed by atoms with Gasteiger partial charge in [0.2, 0.25) is 5.91 Å². The molecule has 5 N–H and O–H groups in total. The first kappa shape index (κ1) is 26.9. The Morgan fingerprint density at radius 1 is 1.08 bits per heavy atom. The number of guanidine groups is 1. The molecule has 2 unspecified atom stereocenters. The number of nitrogens with one attached hydrogen (secondary N) is 3. The zero-order valence-electron chi connectivity index (χ0n) is 22.0. The van der Waals surface area contributed by atoms with Crippen LogP contribution in [0.4, 0.5) is 0 Å². The minimum Gasteiger partial charge on any atom is -0.370 e. The summed E-state index contributed by atoms with van der Waals surface area (Å²) in [6.07, 6.45) is 8.60. The van der Waals surface area contributed by atoms with E-state index in [9.17, 15) is 9.59 Å². The highest BCUT2D eigenvalue weighted by molar-refractivity contribution is 5.98. The molecule has 2 aromatic rings. The molecule has 0 aromatic heterocycles. The fraction of sp³-hybridized carbons (Fsp3) is 0.552. The molecule has 1 heterocycles. The monoisotopic (exact) mass is 506 g/mol. The Kier molecular flexibility index (Phi) is 9.77. The van der Waals surface area contributed by atoms with E-state index in [0.717, 1.165) is 36.7 Å². The average molecular weight is 507 g/mol. The maximum atomic E-state index is 13.5. The van der Waals surface area contributed by atoms with Crippen LogP contribution in [0.2, 0.25) is 0 Å². The Balaban J connectivity index is 1.37. The van der Waals surface area contributed by atoms with Gasteiger partial charge in [0.15, 0.2) is 5.96 Å². The molecule has 2 atom stereocenters. The molecule has 37 heavy (non-hydrogen) atoms. The molecule has 1 aliphatic heterocycles. The van der Waals surface area contributed by atoms with Crippen LogP contribution in [0.1, 0.15) is 61.7 Å². The summed E-state index contributed by atoms with van der Waals surface area (Å²) >= 11 is 0. The molecular formula is C29H42N6O2. The van der Waals surface area contributed by atoms with Gasteiger partial charge in [-0.3, -0.25) is 14.6 Å². The van der Waals surface area contributed by atoms with Crippen molar-refractivity contribution in [3.63, 3.8) is 0 Å². The fourth-order valence-electron chi connectivity index (χ4n) is 5.56. The number of amides is 2. The summed E-state index contributed by atoms with van der Waals surface area (Å²) in [5.74, 6) is 1.11. The lowest BCUT2D eigenvalue weighted by Gasteiger charge is -2.30. The zero-order valence-corrected chi connectivity index (χ0v) is 22.0. The summed E-state index contributed by atoms with van der Waals surface area (Å²) in [7, 11) is 1.65. The van der Waals surface area contributed by atoms with Crippen LogP contribution in [0.15, 0.2) is 47.5 Å². The van der Waals surface area contributed by atoms with Crippen molar-refractivity contribution in [1.82, 2.24) is 20.9 Å². The molecule has 0 radical (unpaired) electrons. The van der Waals surface area contributed by atoms with Crippen LogP contribution in [0.25, 0.3) is 10.8 Å². The SMILES string of the molecule is CN=C(N)NCCCC1NC(CNC(=O)c2ccc3ccccc3c2)CCN(CC2CCCCC2)C1=O. The third kappa shape index (κ3) is 7.68. The molecule has 2 amide bonds. The quantitative estimate of drug-likeness (QED) is 0.237.